The zero-order valence-corrected chi connectivity index (χ0v) is 11.8. The number of fused-ring (bicyclic) bond motifs is 1. The van der Waals surface area contributed by atoms with E-state index in [1.54, 1.807) is 11.0 Å². The lowest BCUT2D eigenvalue weighted by molar-refractivity contribution is 0.236. The van der Waals surface area contributed by atoms with Crippen molar-refractivity contribution in [2.75, 3.05) is 6.54 Å². The molecular weight excluding hydrogens is 266 g/mol. The van der Waals surface area contributed by atoms with Crippen LogP contribution in [-0.2, 0) is 13.0 Å². The monoisotopic (exact) mass is 285 g/mol. The quantitative estimate of drug-likeness (QED) is 0.821. The number of nitrogens with zero attached hydrogens (tertiary/aromatic N) is 3. The van der Waals surface area contributed by atoms with E-state index in [0.29, 0.717) is 6.54 Å². The first kappa shape index (κ1) is 13.6. The van der Waals surface area contributed by atoms with E-state index in [1.807, 2.05) is 12.1 Å². The molecule has 2 aromatic rings. The van der Waals surface area contributed by atoms with E-state index in [-0.39, 0.29) is 12.1 Å². The van der Waals surface area contributed by atoms with E-state index >= 15 is 0 Å². The lowest BCUT2D eigenvalue weighted by Gasteiger charge is -2.14. The van der Waals surface area contributed by atoms with Gasteiger partial charge in [0.05, 0.1) is 6.04 Å². The zero-order valence-electron chi connectivity index (χ0n) is 11.8. The van der Waals surface area contributed by atoms with E-state index in [2.05, 4.69) is 32.8 Å². The molecule has 0 saturated carbocycles. The van der Waals surface area contributed by atoms with Crippen molar-refractivity contribution in [3.8, 4) is 0 Å². The number of rotatable bonds is 5. The van der Waals surface area contributed by atoms with Crippen LogP contribution in [0.2, 0.25) is 0 Å². The van der Waals surface area contributed by atoms with Crippen LogP contribution in [0.4, 0.5) is 4.79 Å². The molecule has 0 radical (unpaired) electrons. The Hall–Kier alpha value is -2.37. The van der Waals surface area contributed by atoms with Gasteiger partial charge < -0.3 is 10.6 Å². The third kappa shape index (κ3) is 3.39. The number of amides is 2. The first-order chi connectivity index (χ1) is 10.3. The first-order valence-electron chi connectivity index (χ1n) is 7.27. The van der Waals surface area contributed by atoms with Crippen LogP contribution in [0.3, 0.4) is 0 Å². The summed E-state index contributed by atoms with van der Waals surface area (Å²) in [4.78, 5) is 15.8. The fourth-order valence-electron chi connectivity index (χ4n) is 2.71. The van der Waals surface area contributed by atoms with Gasteiger partial charge in [-0.15, -0.1) is 0 Å². The summed E-state index contributed by atoms with van der Waals surface area (Å²) in [5.41, 5.74) is 2.59. The summed E-state index contributed by atoms with van der Waals surface area (Å²) in [5, 5.41) is 9.95. The molecule has 1 heterocycles. The summed E-state index contributed by atoms with van der Waals surface area (Å²) in [5.74, 6) is 0. The lowest BCUT2D eigenvalue weighted by Crippen LogP contribution is -2.38. The maximum Gasteiger partial charge on any atom is 0.315 e. The first-order valence-corrected chi connectivity index (χ1v) is 7.27. The Balaban J connectivity index is 1.41. The van der Waals surface area contributed by atoms with Gasteiger partial charge in [0, 0.05) is 13.1 Å². The molecule has 0 unspecified atom stereocenters. The van der Waals surface area contributed by atoms with E-state index in [1.165, 1.54) is 17.5 Å². The number of carbonyl (C=O) groups excluding carboxylic acids is 1. The maximum atomic E-state index is 11.9. The van der Waals surface area contributed by atoms with Gasteiger partial charge in [-0.1, -0.05) is 24.3 Å². The Labute approximate surface area is 123 Å². The van der Waals surface area contributed by atoms with Crippen molar-refractivity contribution < 1.29 is 4.79 Å². The highest BCUT2D eigenvalue weighted by Gasteiger charge is 2.22. The molecule has 0 fully saturated rings. The molecule has 1 atom stereocenters. The van der Waals surface area contributed by atoms with Gasteiger partial charge in [-0.3, -0.25) is 4.68 Å². The average molecular weight is 285 g/mol. The smallest absolute Gasteiger partial charge is 0.315 e. The second-order valence-electron chi connectivity index (χ2n) is 5.20. The summed E-state index contributed by atoms with van der Waals surface area (Å²) < 4.78 is 1.76. The average Bonchev–Trinajstić information content (AvgIpc) is 3.14. The SMILES string of the molecule is O=C(NCCCn1cncn1)N[C@@H]1CCc2ccccc21. The Kier molecular flexibility index (Phi) is 4.14. The highest BCUT2D eigenvalue weighted by Crippen LogP contribution is 2.30. The molecular formula is C15H19N5O. The minimum Gasteiger partial charge on any atom is -0.338 e. The van der Waals surface area contributed by atoms with Crippen LogP contribution in [0.5, 0.6) is 0 Å². The van der Waals surface area contributed by atoms with Gasteiger partial charge in [0.1, 0.15) is 12.7 Å². The van der Waals surface area contributed by atoms with Crippen LogP contribution in [0.25, 0.3) is 0 Å². The standard InChI is InChI=1S/C15H19N5O/c21-15(17-8-3-9-20-11-16-10-18-20)19-14-7-6-12-4-1-2-5-13(12)14/h1-2,4-5,10-11,14H,3,6-9H2,(H2,17,19,21)/t14-/m1/s1. The van der Waals surface area contributed by atoms with Gasteiger partial charge >= 0.3 is 6.03 Å². The number of nitrogens with one attached hydrogen (secondary N) is 2. The summed E-state index contributed by atoms with van der Waals surface area (Å²) in [7, 11) is 0. The highest BCUT2D eigenvalue weighted by atomic mass is 16.2. The molecule has 6 nitrogen and oxygen atoms in total. The summed E-state index contributed by atoms with van der Waals surface area (Å²) in [6.45, 7) is 1.38. The van der Waals surface area contributed by atoms with Crippen LogP contribution in [0.1, 0.15) is 30.0 Å². The van der Waals surface area contributed by atoms with Crippen LogP contribution >= 0.6 is 0 Å². The molecule has 6 heteroatoms. The Morgan fingerprint density at radius 1 is 1.38 bits per heavy atom. The molecule has 2 amide bonds. The zero-order chi connectivity index (χ0) is 14.5. The number of urea groups is 1. The van der Waals surface area contributed by atoms with Gasteiger partial charge in [0.25, 0.3) is 0 Å². The van der Waals surface area contributed by atoms with E-state index in [0.717, 1.165) is 25.8 Å². The highest BCUT2D eigenvalue weighted by molar-refractivity contribution is 5.74. The van der Waals surface area contributed by atoms with Crippen LogP contribution in [0.15, 0.2) is 36.9 Å². The van der Waals surface area contributed by atoms with E-state index in [9.17, 15) is 4.79 Å². The molecule has 1 aliphatic rings. The maximum absolute atomic E-state index is 11.9. The predicted octanol–water partition coefficient (Wildman–Crippen LogP) is 1.65. The topological polar surface area (TPSA) is 71.8 Å². The van der Waals surface area contributed by atoms with Gasteiger partial charge in [-0.25, -0.2) is 9.78 Å². The Morgan fingerprint density at radius 3 is 3.14 bits per heavy atom. The Bertz CT molecular complexity index is 596. The molecule has 21 heavy (non-hydrogen) atoms. The second-order valence-corrected chi connectivity index (χ2v) is 5.20. The molecule has 0 saturated heterocycles. The molecule has 1 aromatic heterocycles. The number of hydrogen-bond donors (Lipinski definition) is 2. The minimum absolute atomic E-state index is 0.102. The third-order valence-electron chi connectivity index (χ3n) is 3.75. The van der Waals surface area contributed by atoms with Crippen LogP contribution in [0, 0.1) is 0 Å². The van der Waals surface area contributed by atoms with Gasteiger partial charge in [0.2, 0.25) is 0 Å². The van der Waals surface area contributed by atoms with Crippen molar-refractivity contribution in [1.82, 2.24) is 25.4 Å². The summed E-state index contributed by atoms with van der Waals surface area (Å²) in [6, 6.07) is 8.33. The van der Waals surface area contributed by atoms with Crippen molar-refractivity contribution in [1.29, 1.82) is 0 Å². The predicted molar refractivity (Wildman–Crippen MR) is 78.7 cm³/mol. The molecule has 0 bridgehead atoms. The number of benzene rings is 1. The van der Waals surface area contributed by atoms with Crippen LogP contribution < -0.4 is 10.6 Å². The van der Waals surface area contributed by atoms with E-state index < -0.39 is 0 Å². The fraction of sp³-hybridized carbons (Fsp3) is 0.400. The third-order valence-corrected chi connectivity index (χ3v) is 3.75. The van der Waals surface area contributed by atoms with Crippen molar-refractivity contribution in [3.63, 3.8) is 0 Å². The van der Waals surface area contributed by atoms with Gasteiger partial charge in [-0.05, 0) is 30.4 Å². The van der Waals surface area contributed by atoms with Crippen LogP contribution in [-0.4, -0.2) is 27.3 Å². The largest absolute Gasteiger partial charge is 0.338 e. The van der Waals surface area contributed by atoms with Crippen molar-refractivity contribution in [3.05, 3.63) is 48.0 Å². The molecule has 0 spiro atoms. The summed E-state index contributed by atoms with van der Waals surface area (Å²) >= 11 is 0. The van der Waals surface area contributed by atoms with Gasteiger partial charge in [-0.2, -0.15) is 5.10 Å². The molecule has 0 aliphatic heterocycles. The second kappa shape index (κ2) is 6.39. The lowest BCUT2D eigenvalue weighted by atomic mass is 10.1. The summed E-state index contributed by atoms with van der Waals surface area (Å²) in [6.07, 6.45) is 6.03. The number of carbonyl (C=O) groups is 1. The normalized spacial score (nSPS) is 16.5. The molecule has 1 aromatic carbocycles. The fourth-order valence-corrected chi connectivity index (χ4v) is 2.71. The minimum atomic E-state index is -0.102. The molecule has 110 valence electrons. The van der Waals surface area contributed by atoms with Crippen molar-refractivity contribution >= 4 is 6.03 Å². The van der Waals surface area contributed by atoms with Gasteiger partial charge in [0.15, 0.2) is 0 Å². The number of aryl methyl sites for hydroxylation is 2. The molecule has 2 N–H and O–H groups in total. The Morgan fingerprint density at radius 2 is 2.29 bits per heavy atom. The molecule has 1 aliphatic carbocycles. The van der Waals surface area contributed by atoms with E-state index in [4.69, 9.17) is 0 Å². The van der Waals surface area contributed by atoms with Crippen molar-refractivity contribution in [2.24, 2.45) is 0 Å². The number of aromatic nitrogens is 3. The van der Waals surface area contributed by atoms with Crippen molar-refractivity contribution in [2.45, 2.75) is 31.8 Å². The number of hydrogen-bond acceptors (Lipinski definition) is 3. The molecule has 3 rings (SSSR count).